The third kappa shape index (κ3) is 3.98. The first-order valence-electron chi connectivity index (χ1n) is 7.24. The van der Waals surface area contributed by atoms with Crippen molar-refractivity contribution < 1.29 is 9.53 Å². The average Bonchev–Trinajstić information content (AvgIpc) is 2.85. The predicted molar refractivity (Wildman–Crippen MR) is 103 cm³/mol. The second-order valence-electron chi connectivity index (χ2n) is 5.25. The fourth-order valence-electron chi connectivity index (χ4n) is 2.25. The smallest absolute Gasteiger partial charge is 0.263 e. The fraction of sp³-hybridized carbons (Fsp3) is 0.111. The van der Waals surface area contributed by atoms with Crippen LogP contribution in [0.15, 0.2) is 47.4 Å². The normalized spacial score (nSPS) is 15.7. The number of thiocarbonyl (C=S) groups is 1. The highest BCUT2D eigenvalue weighted by atomic mass is 35.5. The summed E-state index contributed by atoms with van der Waals surface area (Å²) in [5.41, 5.74) is 3.03. The lowest BCUT2D eigenvalue weighted by molar-refractivity contribution is -0.115. The number of hydrogen-bond donors (Lipinski definition) is 1. The number of carbonyl (C=O) groups is 1. The molecule has 3 rings (SSSR count). The molecule has 1 aliphatic heterocycles. The molecule has 0 saturated carbocycles. The van der Waals surface area contributed by atoms with Crippen molar-refractivity contribution in [2.45, 2.75) is 13.5 Å². The zero-order valence-electron chi connectivity index (χ0n) is 12.8. The molecule has 0 spiro atoms. The maximum Gasteiger partial charge on any atom is 0.263 e. The summed E-state index contributed by atoms with van der Waals surface area (Å²) in [4.78, 5) is 12.4. The van der Waals surface area contributed by atoms with Gasteiger partial charge in [-0.05, 0) is 42.3 Å². The average molecular weight is 376 g/mol. The van der Waals surface area contributed by atoms with Gasteiger partial charge in [-0.2, -0.15) is 0 Å². The molecule has 6 heteroatoms. The molecule has 1 heterocycles. The molecule has 0 bridgehead atoms. The number of ether oxygens (including phenoxy) is 1. The first kappa shape index (κ1) is 17.0. The lowest BCUT2D eigenvalue weighted by Gasteiger charge is -2.11. The van der Waals surface area contributed by atoms with Crippen LogP contribution in [0, 0.1) is 6.92 Å². The Morgan fingerprint density at radius 1 is 1.29 bits per heavy atom. The molecule has 1 amide bonds. The standard InChI is InChI=1S/C18H14ClNO2S2/c1-11-4-2-3-5-12(11)10-22-15-7-6-14(19)8-13(15)9-16-17(21)20-18(23)24-16/h2-9H,10H2,1H3,(H,20,21,23)/b16-9-. The molecule has 2 aromatic rings. The minimum absolute atomic E-state index is 0.199. The molecular formula is C18H14ClNO2S2. The molecule has 0 atom stereocenters. The molecule has 2 aromatic carbocycles. The highest BCUT2D eigenvalue weighted by Gasteiger charge is 2.22. The number of nitrogens with one attached hydrogen (secondary N) is 1. The summed E-state index contributed by atoms with van der Waals surface area (Å²) in [7, 11) is 0. The van der Waals surface area contributed by atoms with E-state index < -0.39 is 0 Å². The van der Waals surface area contributed by atoms with Crippen molar-refractivity contribution in [1.29, 1.82) is 0 Å². The monoisotopic (exact) mass is 375 g/mol. The van der Waals surface area contributed by atoms with Crippen LogP contribution in [0.3, 0.4) is 0 Å². The van der Waals surface area contributed by atoms with Crippen molar-refractivity contribution in [3.8, 4) is 5.75 Å². The van der Waals surface area contributed by atoms with E-state index in [0.717, 1.165) is 11.1 Å². The van der Waals surface area contributed by atoms with Gasteiger partial charge in [0.15, 0.2) is 0 Å². The van der Waals surface area contributed by atoms with Gasteiger partial charge in [0.1, 0.15) is 16.7 Å². The topological polar surface area (TPSA) is 38.3 Å². The summed E-state index contributed by atoms with van der Waals surface area (Å²) in [5, 5.41) is 3.18. The summed E-state index contributed by atoms with van der Waals surface area (Å²) in [6, 6.07) is 13.4. The van der Waals surface area contributed by atoms with Crippen LogP contribution in [0.2, 0.25) is 5.02 Å². The number of carbonyl (C=O) groups excluding carboxylic acids is 1. The molecule has 122 valence electrons. The Hall–Kier alpha value is -1.82. The summed E-state index contributed by atoms with van der Waals surface area (Å²) in [5.74, 6) is 0.469. The van der Waals surface area contributed by atoms with Gasteiger partial charge < -0.3 is 10.1 Å². The molecule has 1 aliphatic rings. The maximum atomic E-state index is 11.8. The molecule has 1 fully saturated rings. The van der Waals surface area contributed by atoms with E-state index in [2.05, 4.69) is 5.32 Å². The summed E-state index contributed by atoms with van der Waals surface area (Å²) in [6.07, 6.45) is 1.75. The zero-order chi connectivity index (χ0) is 17.1. The van der Waals surface area contributed by atoms with Gasteiger partial charge in [0.2, 0.25) is 0 Å². The second kappa shape index (κ2) is 7.38. The Bertz CT molecular complexity index is 849. The Morgan fingerprint density at radius 2 is 2.08 bits per heavy atom. The third-order valence-electron chi connectivity index (χ3n) is 3.54. The molecule has 0 aliphatic carbocycles. The van der Waals surface area contributed by atoms with E-state index in [1.54, 1.807) is 18.2 Å². The summed E-state index contributed by atoms with van der Waals surface area (Å²) < 4.78 is 6.41. The van der Waals surface area contributed by atoms with Crippen molar-refractivity contribution in [2.24, 2.45) is 0 Å². The van der Waals surface area contributed by atoms with E-state index >= 15 is 0 Å². The van der Waals surface area contributed by atoms with E-state index in [0.29, 0.717) is 26.6 Å². The highest BCUT2D eigenvalue weighted by molar-refractivity contribution is 8.26. The Labute approximate surface area is 155 Å². The van der Waals surface area contributed by atoms with Crippen LogP contribution in [0.4, 0.5) is 0 Å². The third-order valence-corrected chi connectivity index (χ3v) is 4.94. The van der Waals surface area contributed by atoms with Gasteiger partial charge in [-0.1, -0.05) is 59.8 Å². The Morgan fingerprint density at radius 3 is 2.79 bits per heavy atom. The number of rotatable bonds is 4. The molecule has 0 radical (unpaired) electrons. The van der Waals surface area contributed by atoms with Crippen LogP contribution >= 0.6 is 35.6 Å². The molecule has 24 heavy (non-hydrogen) atoms. The fourth-order valence-corrected chi connectivity index (χ4v) is 3.47. The number of hydrogen-bond acceptors (Lipinski definition) is 4. The van der Waals surface area contributed by atoms with Crippen LogP contribution in [0.5, 0.6) is 5.75 Å². The molecule has 0 unspecified atom stereocenters. The van der Waals surface area contributed by atoms with Crippen molar-refractivity contribution in [1.82, 2.24) is 5.32 Å². The lowest BCUT2D eigenvalue weighted by atomic mass is 10.1. The summed E-state index contributed by atoms with van der Waals surface area (Å²) in [6.45, 7) is 2.49. The van der Waals surface area contributed by atoms with Crippen LogP contribution in [-0.4, -0.2) is 10.2 Å². The molecule has 1 N–H and O–H groups in total. The van der Waals surface area contributed by atoms with Crippen molar-refractivity contribution in [3.05, 3.63) is 69.1 Å². The number of thioether (sulfide) groups is 1. The van der Waals surface area contributed by atoms with Gasteiger partial charge in [0.25, 0.3) is 5.91 Å². The largest absolute Gasteiger partial charge is 0.488 e. The van der Waals surface area contributed by atoms with E-state index in [9.17, 15) is 4.79 Å². The lowest BCUT2D eigenvalue weighted by Crippen LogP contribution is -2.17. The number of aryl methyl sites for hydroxylation is 1. The van der Waals surface area contributed by atoms with Crippen LogP contribution in [0.25, 0.3) is 6.08 Å². The number of halogens is 1. The van der Waals surface area contributed by atoms with Crippen molar-refractivity contribution in [2.75, 3.05) is 0 Å². The molecule has 1 saturated heterocycles. The van der Waals surface area contributed by atoms with Gasteiger partial charge in [0, 0.05) is 10.6 Å². The highest BCUT2D eigenvalue weighted by Crippen LogP contribution is 2.31. The van der Waals surface area contributed by atoms with Gasteiger partial charge in [0.05, 0.1) is 4.91 Å². The molecule has 0 aromatic heterocycles. The maximum absolute atomic E-state index is 11.8. The van der Waals surface area contributed by atoms with Gasteiger partial charge >= 0.3 is 0 Å². The zero-order valence-corrected chi connectivity index (χ0v) is 15.2. The van der Waals surface area contributed by atoms with E-state index in [-0.39, 0.29) is 5.91 Å². The predicted octanol–water partition coefficient (Wildman–Crippen LogP) is 4.72. The Balaban J connectivity index is 1.86. The van der Waals surface area contributed by atoms with Gasteiger partial charge in [-0.15, -0.1) is 0 Å². The second-order valence-corrected chi connectivity index (χ2v) is 7.40. The summed E-state index contributed by atoms with van der Waals surface area (Å²) >= 11 is 12.3. The Kier molecular flexibility index (Phi) is 5.23. The number of amides is 1. The number of benzene rings is 2. The minimum atomic E-state index is -0.199. The molecular weight excluding hydrogens is 362 g/mol. The first-order chi connectivity index (χ1) is 11.5. The van der Waals surface area contributed by atoms with E-state index in [4.69, 9.17) is 28.6 Å². The van der Waals surface area contributed by atoms with Crippen LogP contribution in [-0.2, 0) is 11.4 Å². The van der Waals surface area contributed by atoms with Crippen LogP contribution in [0.1, 0.15) is 16.7 Å². The van der Waals surface area contributed by atoms with Crippen molar-refractivity contribution in [3.63, 3.8) is 0 Å². The minimum Gasteiger partial charge on any atom is -0.488 e. The SMILES string of the molecule is Cc1ccccc1COc1ccc(Cl)cc1/C=C1\SC(=S)NC1=O. The van der Waals surface area contributed by atoms with E-state index in [1.165, 1.54) is 17.3 Å². The van der Waals surface area contributed by atoms with Gasteiger partial charge in [-0.3, -0.25) is 4.79 Å². The molecule has 3 nitrogen and oxygen atoms in total. The van der Waals surface area contributed by atoms with Crippen LogP contribution < -0.4 is 10.1 Å². The van der Waals surface area contributed by atoms with Gasteiger partial charge in [-0.25, -0.2) is 0 Å². The quantitative estimate of drug-likeness (QED) is 0.620. The van der Waals surface area contributed by atoms with Crippen molar-refractivity contribution >= 4 is 51.9 Å². The first-order valence-corrected chi connectivity index (χ1v) is 8.85. The van der Waals surface area contributed by atoms with E-state index in [1.807, 2.05) is 37.3 Å².